The summed E-state index contributed by atoms with van der Waals surface area (Å²) in [7, 11) is 0. The van der Waals surface area contributed by atoms with Crippen molar-refractivity contribution in [3.8, 4) is 0 Å². The van der Waals surface area contributed by atoms with E-state index >= 15 is 0 Å². The Morgan fingerprint density at radius 2 is 2.05 bits per heavy atom. The number of hydrogen-bond acceptors (Lipinski definition) is 4. The van der Waals surface area contributed by atoms with Gasteiger partial charge < -0.3 is 9.64 Å². The lowest BCUT2D eigenvalue weighted by Crippen LogP contribution is -2.31. The third-order valence-electron chi connectivity index (χ3n) is 2.66. The molecule has 0 N–H and O–H groups in total. The summed E-state index contributed by atoms with van der Waals surface area (Å²) < 4.78 is 4.80. The lowest BCUT2D eigenvalue weighted by atomic mass is 10.2. The lowest BCUT2D eigenvalue weighted by molar-refractivity contribution is -0.145. The van der Waals surface area contributed by atoms with Crippen LogP contribution in [0.15, 0.2) is 24.4 Å². The summed E-state index contributed by atoms with van der Waals surface area (Å²) >= 11 is 0. The minimum Gasteiger partial charge on any atom is -0.466 e. The second-order valence-electron chi connectivity index (χ2n) is 4.03. The number of ether oxygens (including phenoxy) is 1. The Morgan fingerprint density at radius 1 is 1.26 bits per heavy atom. The number of rotatable bonds is 7. The Balaban J connectivity index is 2.46. The first-order valence-electron chi connectivity index (χ1n) is 6.50. The third kappa shape index (κ3) is 5.50. The average Bonchev–Trinajstić information content (AvgIpc) is 2.43. The second kappa shape index (κ2) is 8.24. The fraction of sp³-hybridized carbons (Fsp3) is 0.500. The van der Waals surface area contributed by atoms with Crippen LogP contribution < -0.4 is 0 Å². The first kappa shape index (κ1) is 15.1. The quantitative estimate of drug-likeness (QED) is 0.704. The summed E-state index contributed by atoms with van der Waals surface area (Å²) in [5.74, 6) is -0.383. The van der Waals surface area contributed by atoms with Gasteiger partial charge in [0.2, 0.25) is 5.91 Å². The van der Waals surface area contributed by atoms with E-state index in [9.17, 15) is 9.59 Å². The summed E-state index contributed by atoms with van der Waals surface area (Å²) in [4.78, 5) is 29.1. The molecule has 1 aromatic heterocycles. The van der Waals surface area contributed by atoms with Gasteiger partial charge in [0.1, 0.15) is 0 Å². The maximum Gasteiger partial charge on any atom is 0.306 e. The van der Waals surface area contributed by atoms with Gasteiger partial charge in [-0.1, -0.05) is 6.07 Å². The smallest absolute Gasteiger partial charge is 0.306 e. The molecule has 0 fully saturated rings. The minimum atomic E-state index is -0.329. The van der Waals surface area contributed by atoms with Crippen LogP contribution in [0.3, 0.4) is 0 Å². The monoisotopic (exact) mass is 264 g/mol. The SMILES string of the molecule is CCOC(=O)CCC(=O)N(CC)Cc1ccccn1. The van der Waals surface area contributed by atoms with Crippen LogP contribution in [0.2, 0.25) is 0 Å². The predicted molar refractivity (Wildman–Crippen MR) is 71.2 cm³/mol. The van der Waals surface area contributed by atoms with E-state index in [1.165, 1.54) is 0 Å². The summed E-state index contributed by atoms with van der Waals surface area (Å²) in [6.07, 6.45) is 2.01. The van der Waals surface area contributed by atoms with Crippen molar-refractivity contribution in [2.75, 3.05) is 13.2 Å². The van der Waals surface area contributed by atoms with Gasteiger partial charge in [-0.2, -0.15) is 0 Å². The molecule has 0 aliphatic heterocycles. The molecule has 104 valence electrons. The summed E-state index contributed by atoms with van der Waals surface area (Å²) in [5.41, 5.74) is 0.842. The number of hydrogen-bond donors (Lipinski definition) is 0. The molecule has 0 aliphatic carbocycles. The normalized spacial score (nSPS) is 10.0. The first-order valence-corrected chi connectivity index (χ1v) is 6.50. The van der Waals surface area contributed by atoms with E-state index in [0.717, 1.165) is 5.69 Å². The largest absolute Gasteiger partial charge is 0.466 e. The van der Waals surface area contributed by atoms with Crippen molar-refractivity contribution in [2.45, 2.75) is 33.2 Å². The van der Waals surface area contributed by atoms with Crippen LogP contribution in [0.25, 0.3) is 0 Å². The molecule has 1 aromatic rings. The fourth-order valence-electron chi connectivity index (χ4n) is 1.66. The Labute approximate surface area is 113 Å². The maximum atomic E-state index is 12.0. The molecular formula is C14H20N2O3. The predicted octanol–water partition coefficient (Wildman–Crippen LogP) is 1.77. The summed E-state index contributed by atoms with van der Waals surface area (Å²) in [6, 6.07) is 5.60. The van der Waals surface area contributed by atoms with Crippen molar-refractivity contribution in [2.24, 2.45) is 0 Å². The number of pyridine rings is 1. The van der Waals surface area contributed by atoms with Crippen LogP contribution in [0, 0.1) is 0 Å². The molecule has 5 heteroatoms. The topological polar surface area (TPSA) is 59.5 Å². The minimum absolute atomic E-state index is 0.0544. The average molecular weight is 264 g/mol. The van der Waals surface area contributed by atoms with E-state index in [-0.39, 0.29) is 24.7 Å². The van der Waals surface area contributed by atoms with Crippen molar-refractivity contribution < 1.29 is 14.3 Å². The van der Waals surface area contributed by atoms with Crippen molar-refractivity contribution in [3.05, 3.63) is 30.1 Å². The molecule has 0 aromatic carbocycles. The van der Waals surface area contributed by atoms with E-state index in [2.05, 4.69) is 4.98 Å². The second-order valence-corrected chi connectivity index (χ2v) is 4.03. The van der Waals surface area contributed by atoms with Crippen LogP contribution >= 0.6 is 0 Å². The molecule has 0 atom stereocenters. The molecule has 0 radical (unpaired) electrons. The molecule has 1 amide bonds. The molecule has 0 spiro atoms. The van der Waals surface area contributed by atoms with Gasteiger partial charge in [-0.05, 0) is 26.0 Å². The van der Waals surface area contributed by atoms with Crippen LogP contribution in [0.1, 0.15) is 32.4 Å². The van der Waals surface area contributed by atoms with Gasteiger partial charge in [-0.25, -0.2) is 0 Å². The van der Waals surface area contributed by atoms with Crippen LogP contribution in [-0.2, 0) is 20.9 Å². The Hall–Kier alpha value is -1.91. The number of amides is 1. The van der Waals surface area contributed by atoms with E-state index < -0.39 is 0 Å². The molecule has 0 unspecified atom stereocenters. The van der Waals surface area contributed by atoms with Crippen LogP contribution in [0.4, 0.5) is 0 Å². The number of aromatic nitrogens is 1. The zero-order valence-electron chi connectivity index (χ0n) is 11.5. The van der Waals surface area contributed by atoms with E-state index in [1.54, 1.807) is 18.0 Å². The number of esters is 1. The van der Waals surface area contributed by atoms with Crippen LogP contribution in [-0.4, -0.2) is 34.9 Å². The van der Waals surface area contributed by atoms with Crippen molar-refractivity contribution in [1.29, 1.82) is 0 Å². The highest BCUT2D eigenvalue weighted by Gasteiger charge is 2.14. The fourth-order valence-corrected chi connectivity index (χ4v) is 1.66. The van der Waals surface area contributed by atoms with Gasteiger partial charge in [-0.3, -0.25) is 14.6 Å². The van der Waals surface area contributed by atoms with Crippen molar-refractivity contribution in [3.63, 3.8) is 0 Å². The summed E-state index contributed by atoms with van der Waals surface area (Å²) in [6.45, 7) is 5.07. The number of carbonyl (C=O) groups is 2. The molecular weight excluding hydrogens is 244 g/mol. The number of carbonyl (C=O) groups excluding carboxylic acids is 2. The molecule has 0 saturated carbocycles. The van der Waals surface area contributed by atoms with E-state index in [4.69, 9.17) is 4.74 Å². The Morgan fingerprint density at radius 3 is 2.63 bits per heavy atom. The third-order valence-corrected chi connectivity index (χ3v) is 2.66. The zero-order valence-corrected chi connectivity index (χ0v) is 11.5. The van der Waals surface area contributed by atoms with Crippen molar-refractivity contribution >= 4 is 11.9 Å². The highest BCUT2D eigenvalue weighted by molar-refractivity contribution is 5.81. The van der Waals surface area contributed by atoms with E-state index in [1.807, 2.05) is 25.1 Å². The van der Waals surface area contributed by atoms with E-state index in [0.29, 0.717) is 19.7 Å². The summed E-state index contributed by atoms with van der Waals surface area (Å²) in [5, 5.41) is 0. The molecule has 5 nitrogen and oxygen atoms in total. The standard InChI is InChI=1S/C14H20N2O3/c1-3-16(11-12-7-5-6-10-15-12)13(17)8-9-14(18)19-4-2/h5-7,10H,3-4,8-9,11H2,1-2H3. The first-order chi connectivity index (χ1) is 9.17. The van der Waals surface area contributed by atoms with Gasteiger partial charge >= 0.3 is 5.97 Å². The highest BCUT2D eigenvalue weighted by atomic mass is 16.5. The lowest BCUT2D eigenvalue weighted by Gasteiger charge is -2.20. The Kier molecular flexibility index (Phi) is 6.57. The molecule has 1 heterocycles. The highest BCUT2D eigenvalue weighted by Crippen LogP contribution is 2.05. The van der Waals surface area contributed by atoms with Crippen molar-refractivity contribution in [1.82, 2.24) is 9.88 Å². The van der Waals surface area contributed by atoms with Crippen LogP contribution in [0.5, 0.6) is 0 Å². The molecule has 0 bridgehead atoms. The van der Waals surface area contributed by atoms with Gasteiger partial charge in [0.25, 0.3) is 0 Å². The van der Waals surface area contributed by atoms with Gasteiger partial charge in [0.15, 0.2) is 0 Å². The molecule has 19 heavy (non-hydrogen) atoms. The number of nitrogens with zero attached hydrogens (tertiary/aromatic N) is 2. The molecule has 0 aliphatic rings. The maximum absolute atomic E-state index is 12.0. The molecule has 0 saturated heterocycles. The Bertz CT molecular complexity index is 406. The van der Waals surface area contributed by atoms with Gasteiger partial charge in [-0.15, -0.1) is 0 Å². The molecule has 1 rings (SSSR count). The van der Waals surface area contributed by atoms with Gasteiger partial charge in [0, 0.05) is 19.2 Å². The zero-order chi connectivity index (χ0) is 14.1. The van der Waals surface area contributed by atoms with Gasteiger partial charge in [0.05, 0.1) is 25.3 Å².